The second kappa shape index (κ2) is 4.24. The Balaban J connectivity index is 3.05. The summed E-state index contributed by atoms with van der Waals surface area (Å²) >= 11 is 6.66. The van der Waals surface area contributed by atoms with E-state index in [1.165, 1.54) is 16.7 Å². The molecule has 0 N–H and O–H groups in total. The minimum atomic E-state index is 0.971. The average Bonchev–Trinajstić information content (AvgIpc) is 1.96. The molecule has 0 aliphatic heterocycles. The van der Waals surface area contributed by atoms with Crippen LogP contribution in [0, 0.1) is 13.8 Å². The van der Waals surface area contributed by atoms with Crippen LogP contribution in [-0.2, 0) is 0 Å². The van der Waals surface area contributed by atoms with Crippen molar-refractivity contribution in [2.75, 3.05) is 0 Å². The zero-order valence-electron chi connectivity index (χ0n) is 7.07. The van der Waals surface area contributed by atoms with Crippen molar-refractivity contribution in [2.45, 2.75) is 13.8 Å². The summed E-state index contributed by atoms with van der Waals surface area (Å²) in [7, 11) is 0. The molecule has 0 heterocycles. The minimum absolute atomic E-state index is 0.971. The third-order valence-electron chi connectivity index (χ3n) is 1.81. The van der Waals surface area contributed by atoms with Crippen LogP contribution < -0.4 is 0 Å². The van der Waals surface area contributed by atoms with E-state index in [0.29, 0.717) is 0 Å². The maximum Gasteiger partial charge on any atom is 0.0610 e. The molecule has 1 aromatic rings. The van der Waals surface area contributed by atoms with E-state index in [4.69, 9.17) is 0 Å². The molecule has 0 saturated heterocycles. The average molecular weight is 290 g/mol. The van der Waals surface area contributed by atoms with E-state index >= 15 is 0 Å². The molecule has 0 unspecified atom stereocenters. The zero-order valence-corrected chi connectivity index (χ0v) is 10.2. The second-order valence-corrected chi connectivity index (χ2v) is 5.55. The van der Waals surface area contributed by atoms with Gasteiger partial charge in [-0.05, 0) is 68.5 Å². The molecule has 64 valence electrons. The maximum absolute atomic E-state index is 3.33. The molecule has 0 aliphatic carbocycles. The van der Waals surface area contributed by atoms with E-state index in [1.54, 1.807) is 0 Å². The van der Waals surface area contributed by atoms with Crippen LogP contribution in [0.25, 0.3) is 6.08 Å². The minimum Gasteiger partial charge on any atom is -0.0585 e. The number of hydrogen-bond acceptors (Lipinski definition) is 0. The molecule has 0 amide bonds. The van der Waals surface area contributed by atoms with Crippen molar-refractivity contribution in [2.24, 2.45) is 0 Å². The lowest BCUT2D eigenvalue weighted by Crippen LogP contribution is -1.80. The summed E-state index contributed by atoms with van der Waals surface area (Å²) < 4.78 is 0.971. The van der Waals surface area contributed by atoms with Gasteiger partial charge in [-0.1, -0.05) is 18.2 Å². The Morgan fingerprint density at radius 3 is 2.33 bits per heavy atom. The SMILES string of the molecule is Cc1ccc(C=C(Br)Br)cc1C. The highest BCUT2D eigenvalue weighted by molar-refractivity contribution is 9.28. The van der Waals surface area contributed by atoms with Crippen molar-refractivity contribution in [3.63, 3.8) is 0 Å². The maximum atomic E-state index is 3.33. The quantitative estimate of drug-likeness (QED) is 0.719. The topological polar surface area (TPSA) is 0 Å². The van der Waals surface area contributed by atoms with Crippen LogP contribution in [0.15, 0.2) is 21.6 Å². The highest BCUT2D eigenvalue weighted by atomic mass is 79.9. The highest BCUT2D eigenvalue weighted by Gasteiger charge is 1.93. The summed E-state index contributed by atoms with van der Waals surface area (Å²) in [5, 5.41) is 0. The van der Waals surface area contributed by atoms with Gasteiger partial charge in [0.05, 0.1) is 3.39 Å². The standard InChI is InChI=1S/C10H10Br2/c1-7-3-4-9(5-8(7)2)6-10(11)12/h3-6H,1-2H3. The summed E-state index contributed by atoms with van der Waals surface area (Å²) in [4.78, 5) is 0. The largest absolute Gasteiger partial charge is 0.0610 e. The fourth-order valence-corrected chi connectivity index (χ4v) is 1.51. The smallest absolute Gasteiger partial charge is 0.0585 e. The van der Waals surface area contributed by atoms with Crippen LogP contribution in [0.3, 0.4) is 0 Å². The number of rotatable bonds is 1. The number of aryl methyl sites for hydroxylation is 2. The first-order chi connectivity index (χ1) is 5.59. The first kappa shape index (κ1) is 10.0. The van der Waals surface area contributed by atoms with E-state index in [9.17, 15) is 0 Å². The Labute approximate surface area is 89.9 Å². The monoisotopic (exact) mass is 288 g/mol. The van der Waals surface area contributed by atoms with Gasteiger partial charge in [0.15, 0.2) is 0 Å². The Hall–Kier alpha value is -0.0800. The lowest BCUT2D eigenvalue weighted by Gasteiger charge is -2.00. The molecule has 0 bridgehead atoms. The predicted octanol–water partition coefficient (Wildman–Crippen LogP) is 4.39. The van der Waals surface area contributed by atoms with Crippen molar-refractivity contribution in [1.82, 2.24) is 0 Å². The van der Waals surface area contributed by atoms with E-state index < -0.39 is 0 Å². The lowest BCUT2D eigenvalue weighted by atomic mass is 10.1. The van der Waals surface area contributed by atoms with Gasteiger partial charge in [0.25, 0.3) is 0 Å². The molecule has 2 heteroatoms. The van der Waals surface area contributed by atoms with Gasteiger partial charge in [0.1, 0.15) is 0 Å². The highest BCUT2D eigenvalue weighted by Crippen LogP contribution is 2.19. The summed E-state index contributed by atoms with van der Waals surface area (Å²) in [6.45, 7) is 4.24. The molecule has 0 aromatic heterocycles. The zero-order chi connectivity index (χ0) is 9.14. The number of benzene rings is 1. The van der Waals surface area contributed by atoms with Gasteiger partial charge in [-0.2, -0.15) is 0 Å². The predicted molar refractivity (Wildman–Crippen MR) is 61.7 cm³/mol. The fourth-order valence-electron chi connectivity index (χ4n) is 0.980. The van der Waals surface area contributed by atoms with Gasteiger partial charge < -0.3 is 0 Å². The molecule has 0 fully saturated rings. The van der Waals surface area contributed by atoms with Crippen LogP contribution in [0.5, 0.6) is 0 Å². The summed E-state index contributed by atoms with van der Waals surface area (Å²) in [5.41, 5.74) is 3.87. The molecule has 0 saturated carbocycles. The Bertz CT molecular complexity index is 310. The molecule has 1 aromatic carbocycles. The van der Waals surface area contributed by atoms with Gasteiger partial charge in [0, 0.05) is 0 Å². The third kappa shape index (κ3) is 2.76. The van der Waals surface area contributed by atoms with E-state index in [1.807, 2.05) is 6.08 Å². The Morgan fingerprint density at radius 1 is 1.17 bits per heavy atom. The molecule has 1 rings (SSSR count). The van der Waals surface area contributed by atoms with Crippen molar-refractivity contribution in [1.29, 1.82) is 0 Å². The summed E-state index contributed by atoms with van der Waals surface area (Å²) in [6, 6.07) is 6.40. The Morgan fingerprint density at radius 2 is 1.83 bits per heavy atom. The van der Waals surface area contributed by atoms with Crippen LogP contribution in [0.2, 0.25) is 0 Å². The molecule has 0 radical (unpaired) electrons. The first-order valence-corrected chi connectivity index (χ1v) is 5.28. The van der Waals surface area contributed by atoms with E-state index in [-0.39, 0.29) is 0 Å². The number of halogens is 2. The van der Waals surface area contributed by atoms with Crippen molar-refractivity contribution < 1.29 is 0 Å². The molecule has 0 atom stereocenters. The summed E-state index contributed by atoms with van der Waals surface area (Å²) in [6.07, 6.45) is 2.03. The summed E-state index contributed by atoms with van der Waals surface area (Å²) in [5.74, 6) is 0. The first-order valence-electron chi connectivity index (χ1n) is 3.69. The molecular formula is C10H10Br2. The number of hydrogen-bond donors (Lipinski definition) is 0. The van der Waals surface area contributed by atoms with Crippen LogP contribution in [0.4, 0.5) is 0 Å². The van der Waals surface area contributed by atoms with Gasteiger partial charge >= 0.3 is 0 Å². The fraction of sp³-hybridized carbons (Fsp3) is 0.200. The van der Waals surface area contributed by atoms with E-state index in [0.717, 1.165) is 3.39 Å². The van der Waals surface area contributed by atoms with Crippen molar-refractivity contribution in [3.05, 3.63) is 38.3 Å². The molecular weight excluding hydrogens is 280 g/mol. The normalized spacial score (nSPS) is 9.67. The lowest BCUT2D eigenvalue weighted by molar-refractivity contribution is 1.33. The van der Waals surface area contributed by atoms with Gasteiger partial charge in [-0.25, -0.2) is 0 Å². The van der Waals surface area contributed by atoms with Gasteiger partial charge in [-0.15, -0.1) is 0 Å². The van der Waals surface area contributed by atoms with E-state index in [2.05, 4.69) is 63.9 Å². The molecule has 0 nitrogen and oxygen atoms in total. The Kier molecular flexibility index (Phi) is 3.53. The second-order valence-electron chi connectivity index (χ2n) is 2.78. The molecule has 12 heavy (non-hydrogen) atoms. The molecule has 0 spiro atoms. The van der Waals surface area contributed by atoms with Gasteiger partial charge in [0.2, 0.25) is 0 Å². The van der Waals surface area contributed by atoms with Crippen molar-refractivity contribution >= 4 is 37.9 Å². The van der Waals surface area contributed by atoms with Crippen LogP contribution in [-0.4, -0.2) is 0 Å². The van der Waals surface area contributed by atoms with Crippen molar-refractivity contribution in [3.8, 4) is 0 Å². The van der Waals surface area contributed by atoms with Crippen LogP contribution >= 0.6 is 31.9 Å². The van der Waals surface area contributed by atoms with Crippen LogP contribution in [0.1, 0.15) is 16.7 Å². The van der Waals surface area contributed by atoms with Gasteiger partial charge in [-0.3, -0.25) is 0 Å². The third-order valence-corrected chi connectivity index (χ3v) is 2.26. The molecule has 0 aliphatic rings.